The summed E-state index contributed by atoms with van der Waals surface area (Å²) in [5, 5.41) is 11.9. The summed E-state index contributed by atoms with van der Waals surface area (Å²) in [5.41, 5.74) is 0. The number of ether oxygens (including phenoxy) is 1. The first-order chi connectivity index (χ1) is 9.28. The Morgan fingerprint density at radius 2 is 2.21 bits per heavy atom. The Bertz CT molecular complexity index is 430. The van der Waals surface area contributed by atoms with Crippen molar-refractivity contribution in [3.05, 3.63) is 6.33 Å². The second-order valence-electron chi connectivity index (χ2n) is 3.99. The molecule has 0 aliphatic heterocycles. The Balaban J connectivity index is 3.01. The molecule has 0 atom stereocenters. The van der Waals surface area contributed by atoms with Crippen molar-refractivity contribution < 1.29 is 4.74 Å². The topological polar surface area (TPSA) is 74.1 Å². The van der Waals surface area contributed by atoms with E-state index in [2.05, 4.69) is 28.3 Å². The molecule has 0 saturated carbocycles. The molecule has 0 radical (unpaired) electrons. The van der Waals surface area contributed by atoms with Gasteiger partial charge in [-0.3, -0.25) is 0 Å². The highest BCUT2D eigenvalue weighted by Crippen LogP contribution is 2.31. The standard InChI is InChI=1S/C13H21N5O/c1-4-8-15-12-11(19-3)13(17-10-16-12)18(5-2)9-6-7-14/h10H,4-6,8-9H2,1-3H3,(H,15,16,17). The van der Waals surface area contributed by atoms with Gasteiger partial charge in [0, 0.05) is 19.6 Å². The molecular weight excluding hydrogens is 242 g/mol. The molecule has 1 rings (SSSR count). The average molecular weight is 263 g/mol. The minimum absolute atomic E-state index is 0.457. The highest BCUT2D eigenvalue weighted by atomic mass is 16.5. The Hall–Kier alpha value is -2.03. The minimum atomic E-state index is 0.457. The van der Waals surface area contributed by atoms with Gasteiger partial charge in [-0.1, -0.05) is 6.92 Å². The van der Waals surface area contributed by atoms with Crippen LogP contribution in [0.2, 0.25) is 0 Å². The first-order valence-corrected chi connectivity index (χ1v) is 6.53. The molecule has 0 aliphatic carbocycles. The van der Waals surface area contributed by atoms with Gasteiger partial charge in [0.25, 0.3) is 0 Å². The van der Waals surface area contributed by atoms with E-state index in [0.29, 0.717) is 24.5 Å². The van der Waals surface area contributed by atoms with Crippen LogP contribution < -0.4 is 15.0 Å². The maximum absolute atomic E-state index is 8.70. The first kappa shape index (κ1) is 15.0. The van der Waals surface area contributed by atoms with E-state index in [9.17, 15) is 0 Å². The van der Waals surface area contributed by atoms with Crippen molar-refractivity contribution in [1.82, 2.24) is 9.97 Å². The molecule has 0 aromatic carbocycles. The van der Waals surface area contributed by atoms with Crippen LogP contribution in [0.3, 0.4) is 0 Å². The van der Waals surface area contributed by atoms with Crippen molar-refractivity contribution in [2.45, 2.75) is 26.7 Å². The largest absolute Gasteiger partial charge is 0.490 e. The Morgan fingerprint density at radius 3 is 2.79 bits per heavy atom. The number of hydrogen-bond acceptors (Lipinski definition) is 6. The van der Waals surface area contributed by atoms with E-state index in [4.69, 9.17) is 10.00 Å². The third-order valence-electron chi connectivity index (χ3n) is 2.71. The van der Waals surface area contributed by atoms with E-state index in [-0.39, 0.29) is 0 Å². The molecule has 6 nitrogen and oxygen atoms in total. The lowest BCUT2D eigenvalue weighted by molar-refractivity contribution is 0.412. The van der Waals surface area contributed by atoms with E-state index >= 15 is 0 Å². The number of rotatable bonds is 8. The lowest BCUT2D eigenvalue weighted by Crippen LogP contribution is -2.25. The molecule has 1 N–H and O–H groups in total. The number of anilines is 2. The summed E-state index contributed by atoms with van der Waals surface area (Å²) in [5.74, 6) is 2.06. The van der Waals surface area contributed by atoms with Crippen molar-refractivity contribution in [2.75, 3.05) is 37.0 Å². The smallest absolute Gasteiger partial charge is 0.204 e. The maximum atomic E-state index is 8.70. The van der Waals surface area contributed by atoms with Crippen LogP contribution in [-0.4, -0.2) is 36.7 Å². The highest BCUT2D eigenvalue weighted by Gasteiger charge is 2.16. The van der Waals surface area contributed by atoms with E-state index in [1.165, 1.54) is 6.33 Å². The average Bonchev–Trinajstić information content (AvgIpc) is 2.45. The fraction of sp³-hybridized carbons (Fsp3) is 0.615. The van der Waals surface area contributed by atoms with Crippen LogP contribution in [0.5, 0.6) is 5.75 Å². The lowest BCUT2D eigenvalue weighted by atomic mass is 10.3. The lowest BCUT2D eigenvalue weighted by Gasteiger charge is -2.23. The summed E-state index contributed by atoms with van der Waals surface area (Å²) in [6, 6.07) is 2.15. The monoisotopic (exact) mass is 263 g/mol. The molecule has 0 unspecified atom stereocenters. The van der Waals surface area contributed by atoms with Gasteiger partial charge in [-0.2, -0.15) is 5.26 Å². The molecule has 0 aliphatic rings. The van der Waals surface area contributed by atoms with Crippen molar-refractivity contribution in [2.24, 2.45) is 0 Å². The molecule has 104 valence electrons. The predicted molar refractivity (Wildman–Crippen MR) is 75.5 cm³/mol. The van der Waals surface area contributed by atoms with Gasteiger partial charge >= 0.3 is 0 Å². The zero-order chi connectivity index (χ0) is 14.1. The number of methoxy groups -OCH3 is 1. The van der Waals surface area contributed by atoms with Crippen LogP contribution in [0.25, 0.3) is 0 Å². The summed E-state index contributed by atoms with van der Waals surface area (Å²) in [6.07, 6.45) is 2.98. The second kappa shape index (κ2) is 8.14. The number of nitriles is 1. The van der Waals surface area contributed by atoms with Gasteiger partial charge in [-0.15, -0.1) is 0 Å². The normalized spacial score (nSPS) is 9.79. The first-order valence-electron chi connectivity index (χ1n) is 6.53. The van der Waals surface area contributed by atoms with Gasteiger partial charge in [0.15, 0.2) is 11.6 Å². The number of nitrogens with zero attached hydrogens (tertiary/aromatic N) is 4. The van der Waals surface area contributed by atoms with Crippen LogP contribution in [0.4, 0.5) is 11.6 Å². The second-order valence-corrected chi connectivity index (χ2v) is 3.99. The summed E-state index contributed by atoms with van der Waals surface area (Å²) in [4.78, 5) is 10.5. The predicted octanol–water partition coefficient (Wildman–Crippen LogP) is 2.05. The van der Waals surface area contributed by atoms with Crippen molar-refractivity contribution >= 4 is 11.6 Å². The SMILES string of the molecule is CCCNc1ncnc(N(CC)CCC#N)c1OC. The van der Waals surface area contributed by atoms with Gasteiger partial charge in [-0.25, -0.2) is 9.97 Å². The molecule has 0 amide bonds. The van der Waals surface area contributed by atoms with Gasteiger partial charge in [0.05, 0.1) is 19.6 Å². The van der Waals surface area contributed by atoms with E-state index in [1.54, 1.807) is 7.11 Å². The van der Waals surface area contributed by atoms with Gasteiger partial charge < -0.3 is 15.0 Å². The van der Waals surface area contributed by atoms with Gasteiger partial charge in [0.2, 0.25) is 5.75 Å². The molecule has 0 bridgehead atoms. The summed E-state index contributed by atoms with van der Waals surface area (Å²) >= 11 is 0. The zero-order valence-electron chi connectivity index (χ0n) is 11.8. The molecule has 1 aromatic rings. The van der Waals surface area contributed by atoms with Gasteiger partial charge in [-0.05, 0) is 13.3 Å². The van der Waals surface area contributed by atoms with E-state index < -0.39 is 0 Å². The van der Waals surface area contributed by atoms with Crippen molar-refractivity contribution in [3.63, 3.8) is 0 Å². The van der Waals surface area contributed by atoms with Crippen molar-refractivity contribution in [3.8, 4) is 11.8 Å². The fourth-order valence-corrected chi connectivity index (χ4v) is 1.75. The molecule has 0 fully saturated rings. The van der Waals surface area contributed by atoms with E-state index in [0.717, 1.165) is 25.3 Å². The van der Waals surface area contributed by atoms with E-state index in [1.807, 2.05) is 11.8 Å². The van der Waals surface area contributed by atoms with Gasteiger partial charge in [0.1, 0.15) is 6.33 Å². The third kappa shape index (κ3) is 3.98. The highest BCUT2D eigenvalue weighted by molar-refractivity contribution is 5.64. The van der Waals surface area contributed by atoms with Crippen LogP contribution in [0.1, 0.15) is 26.7 Å². The fourth-order valence-electron chi connectivity index (χ4n) is 1.75. The minimum Gasteiger partial charge on any atom is -0.490 e. The Labute approximate surface area is 114 Å². The maximum Gasteiger partial charge on any atom is 0.204 e. The molecule has 0 saturated heterocycles. The zero-order valence-corrected chi connectivity index (χ0v) is 11.8. The molecule has 1 aromatic heterocycles. The van der Waals surface area contributed by atoms with Crippen LogP contribution >= 0.6 is 0 Å². The van der Waals surface area contributed by atoms with Crippen LogP contribution in [-0.2, 0) is 0 Å². The van der Waals surface area contributed by atoms with Crippen LogP contribution in [0.15, 0.2) is 6.33 Å². The summed E-state index contributed by atoms with van der Waals surface area (Å²) in [7, 11) is 1.61. The quantitative estimate of drug-likeness (QED) is 0.773. The van der Waals surface area contributed by atoms with Crippen molar-refractivity contribution in [1.29, 1.82) is 5.26 Å². The molecule has 0 spiro atoms. The Morgan fingerprint density at radius 1 is 1.42 bits per heavy atom. The molecule has 6 heteroatoms. The Kier molecular flexibility index (Phi) is 6.44. The summed E-state index contributed by atoms with van der Waals surface area (Å²) in [6.45, 7) is 6.35. The summed E-state index contributed by atoms with van der Waals surface area (Å²) < 4.78 is 5.42. The number of aromatic nitrogens is 2. The molecule has 19 heavy (non-hydrogen) atoms. The van der Waals surface area contributed by atoms with Crippen LogP contribution in [0, 0.1) is 11.3 Å². The third-order valence-corrected chi connectivity index (χ3v) is 2.71. The number of hydrogen-bond donors (Lipinski definition) is 1. The number of nitrogens with one attached hydrogen (secondary N) is 1. The molecule has 1 heterocycles. The molecular formula is C13H21N5O.